The van der Waals surface area contributed by atoms with E-state index in [0.717, 1.165) is 25.9 Å². The average molecular weight is 344 g/mol. The van der Waals surface area contributed by atoms with E-state index in [4.69, 9.17) is 4.74 Å². The molecule has 3 rings (SSSR count). The Bertz CT molecular complexity index is 542. The second-order valence-electron chi connectivity index (χ2n) is 7.57. The van der Waals surface area contributed by atoms with Gasteiger partial charge < -0.3 is 9.64 Å². The van der Waals surface area contributed by atoms with Crippen LogP contribution in [0.1, 0.15) is 26.2 Å². The van der Waals surface area contributed by atoms with E-state index in [-0.39, 0.29) is 23.7 Å². The van der Waals surface area contributed by atoms with E-state index in [1.807, 2.05) is 4.90 Å². The van der Waals surface area contributed by atoms with E-state index in [9.17, 15) is 13.2 Å². The number of hydrogen-bond acceptors (Lipinski definition) is 4. The Balaban J connectivity index is 1.60. The molecule has 0 aromatic rings. The third-order valence-electron chi connectivity index (χ3n) is 5.77. The molecule has 0 aliphatic carbocycles. The number of carbonyl (C=O) groups is 1. The smallest absolute Gasteiger partial charge is 0.222 e. The van der Waals surface area contributed by atoms with Crippen molar-refractivity contribution >= 4 is 15.9 Å². The summed E-state index contributed by atoms with van der Waals surface area (Å²) in [6, 6.07) is 0. The van der Waals surface area contributed by atoms with Crippen LogP contribution in [0.3, 0.4) is 0 Å². The predicted octanol–water partition coefficient (Wildman–Crippen LogP) is 0.789. The van der Waals surface area contributed by atoms with Gasteiger partial charge in [-0.15, -0.1) is 0 Å². The molecule has 0 N–H and O–H groups in total. The van der Waals surface area contributed by atoms with Crippen molar-refractivity contribution in [3.05, 3.63) is 0 Å². The summed E-state index contributed by atoms with van der Waals surface area (Å²) in [6.07, 6.45) is 3.93. The summed E-state index contributed by atoms with van der Waals surface area (Å²) in [5.74, 6) is 1.56. The van der Waals surface area contributed by atoms with Crippen molar-refractivity contribution in [3.63, 3.8) is 0 Å². The molecule has 132 valence electrons. The first kappa shape index (κ1) is 17.2. The Hall–Kier alpha value is -0.660. The number of amides is 1. The molecule has 0 aromatic heterocycles. The fraction of sp³-hybridized carbons (Fsp3) is 0.938. The molecule has 0 aromatic carbocycles. The zero-order valence-electron chi connectivity index (χ0n) is 14.1. The summed E-state index contributed by atoms with van der Waals surface area (Å²) in [5, 5.41) is 0. The molecule has 0 spiro atoms. The van der Waals surface area contributed by atoms with Crippen LogP contribution >= 0.6 is 0 Å². The Kier molecular flexibility index (Phi) is 4.99. The molecule has 23 heavy (non-hydrogen) atoms. The maximum atomic E-state index is 12.6. The lowest BCUT2D eigenvalue weighted by Crippen LogP contribution is -2.42. The molecule has 7 heteroatoms. The van der Waals surface area contributed by atoms with E-state index >= 15 is 0 Å². The fourth-order valence-corrected chi connectivity index (χ4v) is 5.06. The van der Waals surface area contributed by atoms with Crippen molar-refractivity contribution < 1.29 is 17.9 Å². The van der Waals surface area contributed by atoms with Crippen molar-refractivity contribution in [2.75, 3.05) is 45.6 Å². The van der Waals surface area contributed by atoms with Gasteiger partial charge in [0.2, 0.25) is 15.9 Å². The van der Waals surface area contributed by atoms with Crippen molar-refractivity contribution in [2.24, 2.45) is 23.7 Å². The van der Waals surface area contributed by atoms with Gasteiger partial charge in [-0.05, 0) is 30.6 Å². The van der Waals surface area contributed by atoms with Gasteiger partial charge in [0.1, 0.15) is 0 Å². The monoisotopic (exact) mass is 344 g/mol. The summed E-state index contributed by atoms with van der Waals surface area (Å²) < 4.78 is 30.8. The van der Waals surface area contributed by atoms with E-state index in [0.29, 0.717) is 38.6 Å². The highest BCUT2D eigenvalue weighted by molar-refractivity contribution is 7.88. The molecule has 0 radical (unpaired) electrons. The van der Waals surface area contributed by atoms with Gasteiger partial charge in [-0.2, -0.15) is 0 Å². The van der Waals surface area contributed by atoms with Gasteiger partial charge in [-0.3, -0.25) is 4.79 Å². The van der Waals surface area contributed by atoms with Crippen molar-refractivity contribution in [2.45, 2.75) is 26.2 Å². The molecule has 3 fully saturated rings. The van der Waals surface area contributed by atoms with E-state index in [1.165, 1.54) is 6.26 Å². The number of rotatable bonds is 3. The molecule has 3 heterocycles. The lowest BCUT2D eigenvalue weighted by Gasteiger charge is -2.35. The molecule has 1 amide bonds. The molecular formula is C16H28N2O4S. The number of piperidine rings is 1. The quantitative estimate of drug-likeness (QED) is 0.759. The standard InChI is InChI=1S/C16H28N2O4S/c1-12-3-5-17(6-4-12)16(19)7-13-10-22-11-14-8-18(9-15(13)14)23(2,20)21/h12-15H,3-11H2,1-2H3/t13-,14-,15+/m1/s1. The van der Waals surface area contributed by atoms with Gasteiger partial charge in [0.25, 0.3) is 0 Å². The minimum absolute atomic E-state index is 0.146. The molecule has 6 nitrogen and oxygen atoms in total. The third kappa shape index (κ3) is 3.88. The van der Waals surface area contributed by atoms with Crippen LogP contribution in [0.25, 0.3) is 0 Å². The molecule has 0 bridgehead atoms. The van der Waals surface area contributed by atoms with E-state index in [2.05, 4.69) is 6.92 Å². The van der Waals surface area contributed by atoms with Crippen molar-refractivity contribution in [3.8, 4) is 0 Å². The first-order valence-corrected chi connectivity index (χ1v) is 10.5. The zero-order valence-corrected chi connectivity index (χ0v) is 14.9. The van der Waals surface area contributed by atoms with E-state index in [1.54, 1.807) is 4.31 Å². The van der Waals surface area contributed by atoms with Crippen LogP contribution in [0.4, 0.5) is 0 Å². The molecular weight excluding hydrogens is 316 g/mol. The Morgan fingerprint density at radius 3 is 2.52 bits per heavy atom. The number of ether oxygens (including phenoxy) is 1. The minimum Gasteiger partial charge on any atom is -0.381 e. The maximum Gasteiger partial charge on any atom is 0.222 e. The topological polar surface area (TPSA) is 66.9 Å². The Morgan fingerprint density at radius 2 is 1.87 bits per heavy atom. The lowest BCUT2D eigenvalue weighted by molar-refractivity contribution is -0.136. The van der Waals surface area contributed by atoms with Gasteiger partial charge in [0, 0.05) is 38.5 Å². The first-order chi connectivity index (χ1) is 10.8. The summed E-state index contributed by atoms with van der Waals surface area (Å²) in [6.45, 7) is 6.22. The lowest BCUT2D eigenvalue weighted by atomic mass is 9.80. The number of nitrogens with zero attached hydrogens (tertiary/aromatic N) is 2. The molecule has 3 aliphatic rings. The predicted molar refractivity (Wildman–Crippen MR) is 87.3 cm³/mol. The Labute approximate surface area is 139 Å². The fourth-order valence-electron chi connectivity index (χ4n) is 4.15. The highest BCUT2D eigenvalue weighted by Gasteiger charge is 2.44. The molecule has 3 atom stereocenters. The number of carbonyl (C=O) groups excluding carboxylic acids is 1. The minimum atomic E-state index is -3.16. The Morgan fingerprint density at radius 1 is 1.17 bits per heavy atom. The van der Waals surface area contributed by atoms with Crippen LogP contribution in [0.2, 0.25) is 0 Å². The van der Waals surface area contributed by atoms with Crippen molar-refractivity contribution in [1.82, 2.24) is 9.21 Å². The van der Waals surface area contributed by atoms with Crippen molar-refractivity contribution in [1.29, 1.82) is 0 Å². The second kappa shape index (κ2) is 6.69. The van der Waals surface area contributed by atoms with Crippen LogP contribution < -0.4 is 0 Å². The highest BCUT2D eigenvalue weighted by Crippen LogP contribution is 2.37. The molecule has 0 unspecified atom stereocenters. The number of hydrogen-bond donors (Lipinski definition) is 0. The number of fused-ring (bicyclic) bond motifs is 1. The van der Waals surface area contributed by atoms with Gasteiger partial charge in [-0.25, -0.2) is 12.7 Å². The second-order valence-corrected chi connectivity index (χ2v) is 9.55. The zero-order chi connectivity index (χ0) is 16.6. The van der Waals surface area contributed by atoms with E-state index < -0.39 is 10.0 Å². The van der Waals surface area contributed by atoms with Crippen LogP contribution in [0.15, 0.2) is 0 Å². The molecule has 3 aliphatic heterocycles. The van der Waals surface area contributed by atoms with Gasteiger partial charge in [-0.1, -0.05) is 6.92 Å². The normalized spacial score (nSPS) is 33.7. The third-order valence-corrected chi connectivity index (χ3v) is 7.01. The molecule has 0 saturated carbocycles. The van der Waals surface area contributed by atoms with Gasteiger partial charge >= 0.3 is 0 Å². The van der Waals surface area contributed by atoms with Gasteiger partial charge in [0.05, 0.1) is 19.5 Å². The summed E-state index contributed by atoms with van der Waals surface area (Å²) >= 11 is 0. The first-order valence-electron chi connectivity index (χ1n) is 8.65. The number of likely N-dealkylation sites (tertiary alicyclic amines) is 1. The van der Waals surface area contributed by atoms with Gasteiger partial charge in [0.15, 0.2) is 0 Å². The summed E-state index contributed by atoms with van der Waals surface area (Å²) in [7, 11) is -3.16. The van der Waals surface area contributed by atoms with Crippen LogP contribution in [0, 0.1) is 23.7 Å². The largest absolute Gasteiger partial charge is 0.381 e. The molecule has 3 saturated heterocycles. The maximum absolute atomic E-state index is 12.6. The number of sulfonamides is 1. The summed E-state index contributed by atoms with van der Waals surface area (Å²) in [4.78, 5) is 14.6. The van der Waals surface area contributed by atoms with Crippen LogP contribution in [-0.2, 0) is 19.6 Å². The van der Waals surface area contributed by atoms with Crippen LogP contribution in [0.5, 0.6) is 0 Å². The highest BCUT2D eigenvalue weighted by atomic mass is 32.2. The SMILES string of the molecule is CC1CCN(C(=O)C[C@@H]2COC[C@H]3CN(S(C)(=O)=O)C[C@@H]23)CC1. The summed E-state index contributed by atoms with van der Waals surface area (Å²) in [5.41, 5.74) is 0. The average Bonchev–Trinajstić information content (AvgIpc) is 2.93. The van der Waals surface area contributed by atoms with Crippen LogP contribution in [-0.4, -0.2) is 69.2 Å².